The highest BCUT2D eigenvalue weighted by molar-refractivity contribution is 4.56. The number of aliphatic hydroxyl groups excluding tert-OH is 1. The smallest absolute Gasteiger partial charge is 0.0512 e. The van der Waals surface area contributed by atoms with E-state index in [1.54, 1.807) is 0 Å². The van der Waals surface area contributed by atoms with E-state index in [-0.39, 0.29) is 6.10 Å². The van der Waals surface area contributed by atoms with E-state index in [0.29, 0.717) is 0 Å². The molecule has 16 heavy (non-hydrogen) atoms. The lowest BCUT2D eigenvalue weighted by Crippen LogP contribution is -1.99. The van der Waals surface area contributed by atoms with Gasteiger partial charge in [-0.25, -0.2) is 0 Å². The lowest BCUT2D eigenvalue weighted by molar-refractivity contribution is 0.180. The van der Waals surface area contributed by atoms with E-state index < -0.39 is 0 Å². The van der Waals surface area contributed by atoms with Crippen molar-refractivity contribution in [3.05, 3.63) is 0 Å². The van der Waals surface area contributed by atoms with Gasteiger partial charge in [-0.05, 0) is 19.3 Å². The molecule has 2 unspecified atom stereocenters. The van der Waals surface area contributed by atoms with Crippen LogP contribution in [0.3, 0.4) is 0 Å². The summed E-state index contributed by atoms with van der Waals surface area (Å²) in [6.45, 7) is 6.54. The molecule has 0 amide bonds. The van der Waals surface area contributed by atoms with Crippen molar-refractivity contribution < 1.29 is 5.11 Å². The molecular weight excluding hydrogens is 196 g/mol. The van der Waals surface area contributed by atoms with Crippen molar-refractivity contribution in [2.75, 3.05) is 0 Å². The monoisotopic (exact) mass is 228 g/mol. The minimum atomic E-state index is -0.105. The summed E-state index contributed by atoms with van der Waals surface area (Å²) in [7, 11) is 0. The van der Waals surface area contributed by atoms with Crippen molar-refractivity contribution in [2.24, 2.45) is 5.92 Å². The molecule has 0 saturated heterocycles. The molecule has 0 aliphatic rings. The highest BCUT2D eigenvalue weighted by Crippen LogP contribution is 2.17. The van der Waals surface area contributed by atoms with E-state index in [2.05, 4.69) is 13.8 Å². The van der Waals surface area contributed by atoms with Gasteiger partial charge in [0.2, 0.25) is 0 Å². The lowest BCUT2D eigenvalue weighted by atomic mass is 9.96. The predicted octanol–water partition coefficient (Wildman–Crippen LogP) is 4.92. The number of hydrogen-bond donors (Lipinski definition) is 1. The fourth-order valence-electron chi connectivity index (χ4n) is 2.17. The van der Waals surface area contributed by atoms with Gasteiger partial charge in [-0.2, -0.15) is 0 Å². The number of rotatable bonds is 11. The third-order valence-electron chi connectivity index (χ3n) is 3.37. The van der Waals surface area contributed by atoms with Crippen molar-refractivity contribution >= 4 is 0 Å². The van der Waals surface area contributed by atoms with Crippen molar-refractivity contribution in [1.29, 1.82) is 0 Å². The van der Waals surface area contributed by atoms with Crippen molar-refractivity contribution in [1.82, 2.24) is 0 Å². The molecule has 0 saturated carbocycles. The van der Waals surface area contributed by atoms with Gasteiger partial charge in [-0.1, -0.05) is 71.6 Å². The molecule has 0 aromatic rings. The van der Waals surface area contributed by atoms with E-state index >= 15 is 0 Å². The third kappa shape index (κ3) is 12.0. The molecular formula is C15H32O. The molecule has 0 rings (SSSR count). The second-order valence-electron chi connectivity index (χ2n) is 5.44. The molecule has 1 N–H and O–H groups in total. The summed E-state index contributed by atoms with van der Waals surface area (Å²) in [5.41, 5.74) is 0. The average molecular weight is 228 g/mol. The maximum Gasteiger partial charge on any atom is 0.0512 e. The Labute approximate surface area is 103 Å². The van der Waals surface area contributed by atoms with Gasteiger partial charge in [0.05, 0.1) is 6.10 Å². The predicted molar refractivity (Wildman–Crippen MR) is 72.7 cm³/mol. The van der Waals surface area contributed by atoms with Crippen LogP contribution in [0.1, 0.15) is 85.0 Å². The van der Waals surface area contributed by atoms with Gasteiger partial charge in [-0.15, -0.1) is 0 Å². The van der Waals surface area contributed by atoms with E-state index in [1.165, 1.54) is 57.8 Å². The fraction of sp³-hybridized carbons (Fsp3) is 1.00. The van der Waals surface area contributed by atoms with Gasteiger partial charge in [-0.3, -0.25) is 0 Å². The van der Waals surface area contributed by atoms with Crippen LogP contribution < -0.4 is 0 Å². The molecule has 0 aliphatic heterocycles. The average Bonchev–Trinajstić information content (AvgIpc) is 2.23. The number of unbranched alkanes of at least 4 members (excludes halogenated alkanes) is 5. The Morgan fingerprint density at radius 3 is 1.75 bits per heavy atom. The summed E-state index contributed by atoms with van der Waals surface area (Å²) in [4.78, 5) is 0. The topological polar surface area (TPSA) is 20.2 Å². The van der Waals surface area contributed by atoms with Gasteiger partial charge in [0.25, 0.3) is 0 Å². The summed E-state index contributed by atoms with van der Waals surface area (Å²) >= 11 is 0. The van der Waals surface area contributed by atoms with Crippen LogP contribution in [-0.2, 0) is 0 Å². The highest BCUT2D eigenvalue weighted by Gasteiger charge is 2.02. The summed E-state index contributed by atoms with van der Waals surface area (Å²) in [6, 6.07) is 0. The van der Waals surface area contributed by atoms with Gasteiger partial charge < -0.3 is 5.11 Å². The van der Waals surface area contributed by atoms with Crippen LogP contribution in [0.5, 0.6) is 0 Å². The van der Waals surface area contributed by atoms with Crippen LogP contribution in [0, 0.1) is 5.92 Å². The molecule has 2 atom stereocenters. The van der Waals surface area contributed by atoms with Gasteiger partial charge in [0.15, 0.2) is 0 Å². The van der Waals surface area contributed by atoms with E-state index in [4.69, 9.17) is 5.11 Å². The van der Waals surface area contributed by atoms with Crippen molar-refractivity contribution in [2.45, 2.75) is 91.1 Å². The molecule has 98 valence electrons. The zero-order valence-corrected chi connectivity index (χ0v) is 11.7. The molecule has 0 radical (unpaired) electrons. The molecule has 1 heteroatoms. The Hall–Kier alpha value is -0.0400. The third-order valence-corrected chi connectivity index (χ3v) is 3.37. The molecule has 0 aromatic carbocycles. The Balaban J connectivity index is 3.14. The standard InChI is InChI=1S/C15H32O/c1-4-5-6-8-11-14(2)12-9-7-10-13-15(3)16/h14-16H,4-13H2,1-3H3. The summed E-state index contributed by atoms with van der Waals surface area (Å²) in [5.74, 6) is 0.906. The SMILES string of the molecule is CCCCCCC(C)CCCCCC(C)O. The van der Waals surface area contributed by atoms with E-state index in [9.17, 15) is 0 Å². The quantitative estimate of drug-likeness (QED) is 0.497. The molecule has 1 nitrogen and oxygen atoms in total. The van der Waals surface area contributed by atoms with E-state index in [0.717, 1.165) is 12.3 Å². The molecule has 0 spiro atoms. The maximum absolute atomic E-state index is 9.13. The second-order valence-corrected chi connectivity index (χ2v) is 5.44. The molecule has 0 bridgehead atoms. The summed E-state index contributed by atoms with van der Waals surface area (Å²) < 4.78 is 0. The Kier molecular flexibility index (Phi) is 11.4. The van der Waals surface area contributed by atoms with E-state index in [1.807, 2.05) is 6.92 Å². The van der Waals surface area contributed by atoms with Crippen molar-refractivity contribution in [3.8, 4) is 0 Å². The minimum absolute atomic E-state index is 0.105. The first kappa shape index (κ1) is 16.0. The first-order valence-corrected chi connectivity index (χ1v) is 7.34. The number of aliphatic hydroxyl groups is 1. The highest BCUT2D eigenvalue weighted by atomic mass is 16.3. The Bertz CT molecular complexity index is 131. The minimum Gasteiger partial charge on any atom is -0.393 e. The van der Waals surface area contributed by atoms with Crippen LogP contribution in [0.4, 0.5) is 0 Å². The normalized spacial score (nSPS) is 15.0. The summed E-state index contributed by atoms with van der Waals surface area (Å²) in [5, 5.41) is 9.13. The first-order valence-electron chi connectivity index (χ1n) is 7.34. The van der Waals surface area contributed by atoms with Crippen LogP contribution >= 0.6 is 0 Å². The molecule has 0 fully saturated rings. The molecule has 0 heterocycles. The van der Waals surface area contributed by atoms with Crippen LogP contribution in [0.2, 0.25) is 0 Å². The van der Waals surface area contributed by atoms with Gasteiger partial charge in [0, 0.05) is 0 Å². The molecule has 0 aromatic heterocycles. The zero-order valence-electron chi connectivity index (χ0n) is 11.7. The lowest BCUT2D eigenvalue weighted by Gasteiger charge is -2.11. The second kappa shape index (κ2) is 11.4. The first-order chi connectivity index (χ1) is 7.66. The largest absolute Gasteiger partial charge is 0.393 e. The van der Waals surface area contributed by atoms with Crippen molar-refractivity contribution in [3.63, 3.8) is 0 Å². The van der Waals surface area contributed by atoms with Crippen LogP contribution in [-0.4, -0.2) is 11.2 Å². The van der Waals surface area contributed by atoms with Crippen LogP contribution in [0.25, 0.3) is 0 Å². The Morgan fingerprint density at radius 1 is 0.750 bits per heavy atom. The van der Waals surface area contributed by atoms with Gasteiger partial charge >= 0.3 is 0 Å². The Morgan fingerprint density at radius 2 is 1.25 bits per heavy atom. The zero-order chi connectivity index (χ0) is 12.2. The summed E-state index contributed by atoms with van der Waals surface area (Å²) in [6.07, 6.45) is 13.1. The van der Waals surface area contributed by atoms with Gasteiger partial charge in [0.1, 0.15) is 0 Å². The van der Waals surface area contributed by atoms with Crippen LogP contribution in [0.15, 0.2) is 0 Å². The molecule has 0 aliphatic carbocycles. The number of hydrogen-bond acceptors (Lipinski definition) is 1. The fourth-order valence-corrected chi connectivity index (χ4v) is 2.17. The maximum atomic E-state index is 9.13.